The Hall–Kier alpha value is -3.53. The van der Waals surface area contributed by atoms with E-state index < -0.39 is 16.5 Å². The molecule has 3 aromatic rings. The molecule has 142 valence electrons. The quantitative estimate of drug-likeness (QED) is 0.389. The van der Waals surface area contributed by atoms with Crippen molar-refractivity contribution in [2.24, 2.45) is 0 Å². The molecule has 0 unspecified atom stereocenters. The minimum atomic E-state index is -0.622. The number of aromatic nitrogens is 2. The zero-order valence-electron chi connectivity index (χ0n) is 14.6. The summed E-state index contributed by atoms with van der Waals surface area (Å²) in [7, 11) is 0. The van der Waals surface area contributed by atoms with Gasteiger partial charge in [0.1, 0.15) is 6.33 Å². The van der Waals surface area contributed by atoms with Gasteiger partial charge in [0.25, 0.3) is 5.91 Å². The van der Waals surface area contributed by atoms with Crippen LogP contribution in [-0.4, -0.2) is 20.8 Å². The number of nitrogens with one attached hydrogen (secondary N) is 3. The number of hydrazine groups is 1. The summed E-state index contributed by atoms with van der Waals surface area (Å²) in [6, 6.07) is 14.1. The van der Waals surface area contributed by atoms with Crippen molar-refractivity contribution < 1.29 is 9.72 Å². The van der Waals surface area contributed by atoms with Crippen LogP contribution in [0, 0.1) is 17.0 Å². The second-order valence-corrected chi connectivity index (χ2v) is 6.62. The smallest absolute Gasteiger partial charge is 0.334 e. The second-order valence-electron chi connectivity index (χ2n) is 5.71. The number of carbonyl (C=O) groups excluding carboxylic acids is 1. The number of benzene rings is 2. The number of halogens is 1. The second kappa shape index (κ2) is 8.44. The molecule has 10 heteroatoms. The van der Waals surface area contributed by atoms with Gasteiger partial charge in [0.05, 0.1) is 4.92 Å². The Bertz CT molecular complexity index is 1040. The third kappa shape index (κ3) is 4.41. The van der Waals surface area contributed by atoms with Gasteiger partial charge >= 0.3 is 5.69 Å². The van der Waals surface area contributed by atoms with Gasteiger partial charge in [0.2, 0.25) is 11.6 Å². The number of aryl methyl sites for hydroxylation is 1. The first-order valence-corrected chi connectivity index (χ1v) is 8.89. The molecule has 3 N–H and O–H groups in total. The summed E-state index contributed by atoms with van der Waals surface area (Å²) in [6.07, 6.45) is 1.16. The molecule has 28 heavy (non-hydrogen) atoms. The maximum Gasteiger partial charge on any atom is 0.355 e. The lowest BCUT2D eigenvalue weighted by molar-refractivity contribution is -0.383. The van der Waals surface area contributed by atoms with Crippen molar-refractivity contribution in [2.45, 2.75) is 6.92 Å². The van der Waals surface area contributed by atoms with E-state index in [0.29, 0.717) is 11.3 Å². The third-order valence-corrected chi connectivity index (χ3v) is 4.27. The van der Waals surface area contributed by atoms with Crippen LogP contribution in [0.2, 0.25) is 0 Å². The van der Waals surface area contributed by atoms with Crippen LogP contribution in [0.15, 0.2) is 59.3 Å². The molecule has 0 aliphatic carbocycles. The normalized spacial score (nSPS) is 10.2. The Kier molecular flexibility index (Phi) is 5.80. The molecule has 1 aromatic heterocycles. The summed E-state index contributed by atoms with van der Waals surface area (Å²) in [4.78, 5) is 31.1. The van der Waals surface area contributed by atoms with E-state index in [1.165, 1.54) is 0 Å². The average Bonchev–Trinajstić information content (AvgIpc) is 2.66. The molecular weight excluding hydrogens is 428 g/mol. The van der Waals surface area contributed by atoms with Crippen molar-refractivity contribution in [2.75, 3.05) is 10.7 Å². The highest BCUT2D eigenvalue weighted by molar-refractivity contribution is 9.10. The highest BCUT2D eigenvalue weighted by Gasteiger charge is 2.24. The fourth-order valence-electron chi connectivity index (χ4n) is 2.45. The molecule has 2 aromatic carbocycles. The number of carbonyl (C=O) groups is 1. The van der Waals surface area contributed by atoms with Gasteiger partial charge in [-0.1, -0.05) is 40.2 Å². The SMILES string of the molecule is Cc1ccccc1C(=O)NNc1ncnc(Nc2cccc(Br)c2)c1[N+](=O)[O-]. The molecule has 0 aliphatic rings. The molecule has 1 amide bonds. The van der Waals surface area contributed by atoms with Gasteiger partial charge in [-0.15, -0.1) is 0 Å². The molecule has 1 heterocycles. The van der Waals surface area contributed by atoms with Gasteiger partial charge in [-0.05, 0) is 36.8 Å². The fourth-order valence-corrected chi connectivity index (χ4v) is 2.85. The number of rotatable bonds is 6. The van der Waals surface area contributed by atoms with Crippen molar-refractivity contribution in [3.8, 4) is 0 Å². The van der Waals surface area contributed by atoms with Crippen LogP contribution in [0.25, 0.3) is 0 Å². The van der Waals surface area contributed by atoms with Crippen LogP contribution in [-0.2, 0) is 0 Å². The van der Waals surface area contributed by atoms with Crippen LogP contribution >= 0.6 is 15.9 Å². The molecule has 3 rings (SSSR count). The summed E-state index contributed by atoms with van der Waals surface area (Å²) in [5, 5.41) is 14.5. The van der Waals surface area contributed by atoms with E-state index in [0.717, 1.165) is 16.4 Å². The summed E-state index contributed by atoms with van der Waals surface area (Å²) in [5.41, 5.74) is 6.37. The van der Waals surface area contributed by atoms with E-state index in [1.807, 2.05) is 12.1 Å². The molecule has 0 atom stereocenters. The summed E-state index contributed by atoms with van der Waals surface area (Å²) < 4.78 is 0.804. The van der Waals surface area contributed by atoms with Gasteiger partial charge in [0, 0.05) is 15.7 Å². The maximum absolute atomic E-state index is 12.3. The Morgan fingerprint density at radius 1 is 1.11 bits per heavy atom. The van der Waals surface area contributed by atoms with Crippen molar-refractivity contribution in [3.05, 3.63) is 80.6 Å². The summed E-state index contributed by atoms with van der Waals surface area (Å²) in [5.74, 6) is -0.585. The number of anilines is 3. The summed E-state index contributed by atoms with van der Waals surface area (Å²) in [6.45, 7) is 1.79. The minimum Gasteiger partial charge on any atom is -0.334 e. The topological polar surface area (TPSA) is 122 Å². The highest BCUT2D eigenvalue weighted by atomic mass is 79.9. The predicted octanol–water partition coefficient (Wildman–Crippen LogP) is 3.96. The molecule has 0 radical (unpaired) electrons. The Labute approximate surface area is 168 Å². The fraction of sp³-hybridized carbons (Fsp3) is 0.0556. The highest BCUT2D eigenvalue weighted by Crippen LogP contribution is 2.31. The van der Waals surface area contributed by atoms with Gasteiger partial charge < -0.3 is 5.32 Å². The Morgan fingerprint density at radius 2 is 1.86 bits per heavy atom. The van der Waals surface area contributed by atoms with Crippen LogP contribution in [0.3, 0.4) is 0 Å². The maximum atomic E-state index is 12.3. The van der Waals surface area contributed by atoms with Gasteiger partial charge in [-0.25, -0.2) is 9.97 Å². The van der Waals surface area contributed by atoms with Crippen LogP contribution in [0.1, 0.15) is 15.9 Å². The molecule has 0 fully saturated rings. The van der Waals surface area contributed by atoms with Crippen LogP contribution in [0.4, 0.5) is 23.0 Å². The van der Waals surface area contributed by atoms with Crippen molar-refractivity contribution in [1.29, 1.82) is 0 Å². The molecular formula is C18H15BrN6O3. The average molecular weight is 443 g/mol. The molecule has 0 bridgehead atoms. The number of hydrogen-bond acceptors (Lipinski definition) is 7. The van der Waals surface area contributed by atoms with Crippen molar-refractivity contribution >= 4 is 44.8 Å². The lowest BCUT2D eigenvalue weighted by Gasteiger charge is -2.11. The van der Waals surface area contributed by atoms with E-state index >= 15 is 0 Å². The monoisotopic (exact) mass is 442 g/mol. The zero-order chi connectivity index (χ0) is 20.1. The number of nitro groups is 1. The number of amides is 1. The number of nitrogens with zero attached hydrogens (tertiary/aromatic N) is 3. The zero-order valence-corrected chi connectivity index (χ0v) is 16.2. The molecule has 9 nitrogen and oxygen atoms in total. The van der Waals surface area contributed by atoms with Gasteiger partial charge in [-0.3, -0.25) is 25.8 Å². The van der Waals surface area contributed by atoms with Crippen molar-refractivity contribution in [1.82, 2.24) is 15.4 Å². The standard InChI is InChI=1S/C18H15BrN6O3/c1-11-5-2-3-8-14(11)18(26)24-23-17-15(25(27)28)16(20-10-21-17)22-13-7-4-6-12(19)9-13/h2-10H,1H3,(H,24,26)(H2,20,21,22,23). The summed E-state index contributed by atoms with van der Waals surface area (Å²) >= 11 is 3.34. The first kappa shape index (κ1) is 19.2. The van der Waals surface area contributed by atoms with Gasteiger partial charge in [0.15, 0.2) is 0 Å². The first-order valence-electron chi connectivity index (χ1n) is 8.09. The minimum absolute atomic E-state index is 0.00857. The Balaban J connectivity index is 1.84. The van der Waals surface area contributed by atoms with E-state index in [1.54, 1.807) is 43.3 Å². The van der Waals surface area contributed by atoms with Crippen LogP contribution < -0.4 is 16.2 Å². The molecule has 0 aliphatic heterocycles. The van der Waals surface area contributed by atoms with Crippen LogP contribution in [0.5, 0.6) is 0 Å². The lowest BCUT2D eigenvalue weighted by Crippen LogP contribution is -2.30. The van der Waals surface area contributed by atoms with Crippen molar-refractivity contribution in [3.63, 3.8) is 0 Å². The largest absolute Gasteiger partial charge is 0.355 e. The van der Waals surface area contributed by atoms with E-state index in [-0.39, 0.29) is 11.6 Å². The van der Waals surface area contributed by atoms with E-state index in [4.69, 9.17) is 0 Å². The van der Waals surface area contributed by atoms with Gasteiger partial charge in [-0.2, -0.15) is 0 Å². The Morgan fingerprint density at radius 3 is 2.57 bits per heavy atom. The first-order chi connectivity index (χ1) is 13.5. The molecule has 0 saturated carbocycles. The third-order valence-electron chi connectivity index (χ3n) is 3.78. The predicted molar refractivity (Wildman–Crippen MR) is 108 cm³/mol. The van der Waals surface area contributed by atoms with E-state index in [2.05, 4.69) is 42.1 Å². The molecule has 0 saturated heterocycles. The number of hydrogen-bond donors (Lipinski definition) is 3. The molecule has 0 spiro atoms. The lowest BCUT2D eigenvalue weighted by atomic mass is 10.1. The van der Waals surface area contributed by atoms with E-state index in [9.17, 15) is 14.9 Å².